The van der Waals surface area contributed by atoms with E-state index in [1.165, 1.54) is 7.11 Å². The van der Waals surface area contributed by atoms with Crippen LogP contribution in [0.15, 0.2) is 36.5 Å². The van der Waals surface area contributed by atoms with Crippen LogP contribution in [0.2, 0.25) is 0 Å². The molecule has 7 nitrogen and oxygen atoms in total. The molecule has 0 aliphatic heterocycles. The van der Waals surface area contributed by atoms with Crippen molar-refractivity contribution >= 4 is 17.1 Å². The Morgan fingerprint density at radius 3 is 2.95 bits per heavy atom. The van der Waals surface area contributed by atoms with E-state index in [-0.39, 0.29) is 0 Å². The van der Waals surface area contributed by atoms with Gasteiger partial charge in [0.1, 0.15) is 17.3 Å². The number of methoxy groups -OCH3 is 1. The van der Waals surface area contributed by atoms with Gasteiger partial charge in [-0.05, 0) is 24.3 Å². The first kappa shape index (κ1) is 13.9. The fourth-order valence-electron chi connectivity index (χ4n) is 2.07. The molecule has 0 atom stereocenters. The summed E-state index contributed by atoms with van der Waals surface area (Å²) >= 11 is 0. The van der Waals surface area contributed by atoms with Crippen LogP contribution in [-0.4, -0.2) is 39.7 Å². The van der Waals surface area contributed by atoms with Crippen molar-refractivity contribution in [1.82, 2.24) is 15.0 Å². The Kier molecular flexibility index (Phi) is 3.61. The first-order chi connectivity index (χ1) is 10.7. The van der Waals surface area contributed by atoms with Gasteiger partial charge >= 0.3 is 5.97 Å². The number of imidazole rings is 1. The molecule has 0 bridgehead atoms. The molecule has 0 amide bonds. The maximum absolute atomic E-state index is 10.5. The van der Waals surface area contributed by atoms with Crippen molar-refractivity contribution in [3.8, 4) is 22.9 Å². The lowest BCUT2D eigenvalue weighted by Crippen LogP contribution is -2.09. The first-order valence-electron chi connectivity index (χ1n) is 6.51. The molecule has 22 heavy (non-hydrogen) atoms. The van der Waals surface area contributed by atoms with Crippen LogP contribution in [0.25, 0.3) is 22.6 Å². The number of aromatic amines is 1. The van der Waals surface area contributed by atoms with Gasteiger partial charge in [0, 0.05) is 12.3 Å². The van der Waals surface area contributed by atoms with Crippen molar-refractivity contribution in [1.29, 1.82) is 0 Å². The van der Waals surface area contributed by atoms with Crippen LogP contribution in [0.4, 0.5) is 0 Å². The molecule has 0 radical (unpaired) electrons. The second kappa shape index (κ2) is 5.72. The van der Waals surface area contributed by atoms with Gasteiger partial charge in [0.15, 0.2) is 12.3 Å². The Balaban J connectivity index is 1.97. The molecule has 0 aliphatic carbocycles. The molecule has 0 saturated heterocycles. The number of carbonyl (C=O) groups is 1. The predicted octanol–water partition coefficient (Wildman–Crippen LogP) is 2.10. The van der Waals surface area contributed by atoms with Crippen LogP contribution in [0.5, 0.6) is 11.5 Å². The third kappa shape index (κ3) is 2.69. The number of pyridine rings is 1. The molecule has 2 aromatic heterocycles. The van der Waals surface area contributed by atoms with E-state index < -0.39 is 12.6 Å². The summed E-state index contributed by atoms with van der Waals surface area (Å²) in [6, 6.07) is 8.76. The summed E-state index contributed by atoms with van der Waals surface area (Å²) in [7, 11) is 1.53. The number of hydrogen-bond donors (Lipinski definition) is 2. The van der Waals surface area contributed by atoms with Crippen LogP contribution in [0, 0.1) is 0 Å². The molecule has 0 saturated carbocycles. The van der Waals surface area contributed by atoms with Crippen molar-refractivity contribution in [2.75, 3.05) is 13.7 Å². The van der Waals surface area contributed by atoms with Gasteiger partial charge in [-0.3, -0.25) is 0 Å². The maximum atomic E-state index is 10.5. The summed E-state index contributed by atoms with van der Waals surface area (Å²) in [6.07, 6.45) is 1.67. The number of fused-ring (bicyclic) bond motifs is 1. The van der Waals surface area contributed by atoms with Crippen molar-refractivity contribution in [3.63, 3.8) is 0 Å². The molecule has 0 spiro atoms. The van der Waals surface area contributed by atoms with Crippen molar-refractivity contribution in [2.24, 2.45) is 0 Å². The van der Waals surface area contributed by atoms with Gasteiger partial charge in [0.25, 0.3) is 0 Å². The van der Waals surface area contributed by atoms with E-state index >= 15 is 0 Å². The van der Waals surface area contributed by atoms with Crippen molar-refractivity contribution in [3.05, 3.63) is 36.5 Å². The van der Waals surface area contributed by atoms with Gasteiger partial charge in [-0.1, -0.05) is 0 Å². The lowest BCUT2D eigenvalue weighted by Gasteiger charge is -2.09. The fourth-order valence-corrected chi connectivity index (χ4v) is 2.07. The lowest BCUT2D eigenvalue weighted by atomic mass is 10.2. The Morgan fingerprint density at radius 2 is 2.23 bits per heavy atom. The van der Waals surface area contributed by atoms with E-state index in [0.717, 1.165) is 11.1 Å². The molecule has 0 unspecified atom stereocenters. The SMILES string of the molecule is COc1cc(OCC(=O)O)ccc1-c1nc2ncccc2[nH]1. The highest BCUT2D eigenvalue weighted by Gasteiger charge is 2.12. The summed E-state index contributed by atoms with van der Waals surface area (Å²) in [5.41, 5.74) is 2.18. The number of hydrogen-bond acceptors (Lipinski definition) is 5. The molecular formula is C15H13N3O4. The Labute approximate surface area is 125 Å². The van der Waals surface area contributed by atoms with Crippen molar-refractivity contribution < 1.29 is 19.4 Å². The van der Waals surface area contributed by atoms with E-state index in [1.807, 2.05) is 12.1 Å². The van der Waals surface area contributed by atoms with Gasteiger partial charge in [-0.2, -0.15) is 0 Å². The van der Waals surface area contributed by atoms with Crippen LogP contribution < -0.4 is 9.47 Å². The second-order valence-corrected chi connectivity index (χ2v) is 4.50. The predicted molar refractivity (Wildman–Crippen MR) is 79.0 cm³/mol. The lowest BCUT2D eigenvalue weighted by molar-refractivity contribution is -0.139. The summed E-state index contributed by atoms with van der Waals surface area (Å²) in [4.78, 5) is 22.3. The number of rotatable bonds is 5. The zero-order chi connectivity index (χ0) is 15.5. The van der Waals surface area contributed by atoms with Crippen LogP contribution in [0.3, 0.4) is 0 Å². The minimum Gasteiger partial charge on any atom is -0.496 e. The Hall–Kier alpha value is -3.09. The molecule has 2 heterocycles. The number of carboxylic acid groups (broad SMARTS) is 1. The van der Waals surface area contributed by atoms with Crippen molar-refractivity contribution in [2.45, 2.75) is 0 Å². The summed E-state index contributed by atoms with van der Waals surface area (Å²) in [5, 5.41) is 8.64. The Bertz CT molecular complexity index is 796. The number of ether oxygens (including phenoxy) is 2. The minimum absolute atomic E-state index is 0.406. The minimum atomic E-state index is -1.04. The van der Waals surface area contributed by atoms with Crippen LogP contribution in [-0.2, 0) is 4.79 Å². The highest BCUT2D eigenvalue weighted by Crippen LogP contribution is 2.32. The fraction of sp³-hybridized carbons (Fsp3) is 0.133. The topological polar surface area (TPSA) is 97.3 Å². The number of H-pyrrole nitrogens is 1. The van der Waals surface area contributed by atoms with Gasteiger partial charge in [-0.15, -0.1) is 0 Å². The van der Waals surface area contributed by atoms with E-state index in [2.05, 4.69) is 15.0 Å². The summed E-state index contributed by atoms with van der Waals surface area (Å²) in [5.74, 6) is 0.529. The summed E-state index contributed by atoms with van der Waals surface area (Å²) < 4.78 is 10.5. The number of aromatic nitrogens is 3. The van der Waals surface area contributed by atoms with Gasteiger partial charge in [0.2, 0.25) is 0 Å². The maximum Gasteiger partial charge on any atom is 0.341 e. The number of nitrogens with zero attached hydrogens (tertiary/aromatic N) is 2. The Morgan fingerprint density at radius 1 is 1.36 bits per heavy atom. The zero-order valence-electron chi connectivity index (χ0n) is 11.7. The third-order valence-corrected chi connectivity index (χ3v) is 3.05. The van der Waals surface area contributed by atoms with Crippen LogP contribution >= 0.6 is 0 Å². The van der Waals surface area contributed by atoms with Gasteiger partial charge in [0.05, 0.1) is 18.2 Å². The third-order valence-electron chi connectivity index (χ3n) is 3.05. The molecule has 1 aromatic carbocycles. The molecular weight excluding hydrogens is 286 g/mol. The van der Waals surface area contributed by atoms with E-state index in [4.69, 9.17) is 14.6 Å². The highest BCUT2D eigenvalue weighted by atomic mass is 16.5. The van der Waals surface area contributed by atoms with Gasteiger partial charge in [-0.25, -0.2) is 14.8 Å². The van der Waals surface area contributed by atoms with E-state index in [9.17, 15) is 4.79 Å². The smallest absolute Gasteiger partial charge is 0.341 e. The number of nitrogens with one attached hydrogen (secondary N) is 1. The second-order valence-electron chi connectivity index (χ2n) is 4.50. The number of benzene rings is 1. The van der Waals surface area contributed by atoms with Crippen LogP contribution in [0.1, 0.15) is 0 Å². The average Bonchev–Trinajstić information content (AvgIpc) is 2.96. The standard InChI is InChI=1S/C15H13N3O4/c1-21-12-7-9(22-8-13(19)20)4-5-10(12)14-17-11-3-2-6-16-15(11)18-14/h2-7H,8H2,1H3,(H,19,20)(H,16,17,18). The molecule has 3 rings (SSSR count). The molecule has 7 heteroatoms. The van der Waals surface area contributed by atoms with Gasteiger partial charge < -0.3 is 19.6 Å². The largest absolute Gasteiger partial charge is 0.496 e. The monoisotopic (exact) mass is 299 g/mol. The molecule has 112 valence electrons. The van der Waals surface area contributed by atoms with E-state index in [1.54, 1.807) is 24.4 Å². The molecule has 0 fully saturated rings. The first-order valence-corrected chi connectivity index (χ1v) is 6.51. The molecule has 0 aliphatic rings. The zero-order valence-corrected chi connectivity index (χ0v) is 11.7. The molecule has 2 N–H and O–H groups in total. The molecule has 3 aromatic rings. The normalized spacial score (nSPS) is 10.6. The highest BCUT2D eigenvalue weighted by molar-refractivity contribution is 5.78. The number of aliphatic carboxylic acids is 1. The van der Waals surface area contributed by atoms with E-state index in [0.29, 0.717) is 23.0 Å². The average molecular weight is 299 g/mol. The quantitative estimate of drug-likeness (QED) is 0.748. The number of carboxylic acids is 1. The summed E-state index contributed by atoms with van der Waals surface area (Å²) in [6.45, 7) is -0.406.